The Kier molecular flexibility index (Phi) is 5.29. The zero-order valence-corrected chi connectivity index (χ0v) is 11.3. The first-order chi connectivity index (χ1) is 8.13. The molecule has 0 aromatic heterocycles. The number of ether oxygens (including phenoxy) is 1. The Hall–Kier alpha value is -1.22. The van der Waals surface area contributed by atoms with Gasteiger partial charge in [0.25, 0.3) is 0 Å². The van der Waals surface area contributed by atoms with Crippen molar-refractivity contribution in [2.75, 3.05) is 13.1 Å². The van der Waals surface area contributed by atoms with Gasteiger partial charge in [0.1, 0.15) is 5.75 Å². The smallest absolute Gasteiger partial charge is 0.410 e. The van der Waals surface area contributed by atoms with E-state index in [4.69, 9.17) is 16.3 Å². The van der Waals surface area contributed by atoms with Gasteiger partial charge in [-0.1, -0.05) is 24.6 Å². The molecule has 0 aliphatic carbocycles. The summed E-state index contributed by atoms with van der Waals surface area (Å²) >= 11 is 6.06. The predicted octanol–water partition coefficient (Wildman–Crippen LogP) is 3.74. The van der Waals surface area contributed by atoms with E-state index >= 15 is 0 Å². The third-order valence-corrected chi connectivity index (χ3v) is 3.00. The van der Waals surface area contributed by atoms with E-state index in [0.29, 0.717) is 23.9 Å². The van der Waals surface area contributed by atoms with Gasteiger partial charge in [-0.05, 0) is 32.4 Å². The minimum absolute atomic E-state index is 0.327. The maximum atomic E-state index is 11.8. The van der Waals surface area contributed by atoms with E-state index in [1.807, 2.05) is 20.8 Å². The summed E-state index contributed by atoms with van der Waals surface area (Å²) in [5, 5.41) is 0.636. The Morgan fingerprint density at radius 2 is 1.94 bits per heavy atom. The summed E-state index contributed by atoms with van der Waals surface area (Å²) in [6.07, 6.45) is 0.410. The highest BCUT2D eigenvalue weighted by atomic mass is 35.5. The summed E-state index contributed by atoms with van der Waals surface area (Å²) in [6.45, 7) is 7.09. The average molecular weight is 256 g/mol. The second kappa shape index (κ2) is 6.50. The van der Waals surface area contributed by atoms with Gasteiger partial charge in [0.05, 0.1) is 0 Å². The summed E-state index contributed by atoms with van der Waals surface area (Å²) in [7, 11) is 0. The fraction of sp³-hybridized carbons (Fsp3) is 0.462. The Labute approximate surface area is 107 Å². The van der Waals surface area contributed by atoms with Crippen LogP contribution in [0, 0.1) is 0 Å². The van der Waals surface area contributed by atoms with Crippen LogP contribution in [0.5, 0.6) is 5.75 Å². The fourth-order valence-corrected chi connectivity index (χ4v) is 1.92. The Balaban J connectivity index is 2.88. The van der Waals surface area contributed by atoms with Crippen molar-refractivity contribution >= 4 is 17.7 Å². The van der Waals surface area contributed by atoms with Gasteiger partial charge < -0.3 is 9.64 Å². The highest BCUT2D eigenvalue weighted by Gasteiger charge is 2.14. The molecular weight excluding hydrogens is 238 g/mol. The molecule has 0 unspecified atom stereocenters. The molecule has 3 nitrogen and oxygen atoms in total. The number of hydrogen-bond acceptors (Lipinski definition) is 2. The van der Waals surface area contributed by atoms with Gasteiger partial charge in [-0.15, -0.1) is 0 Å². The van der Waals surface area contributed by atoms with E-state index < -0.39 is 0 Å². The quantitative estimate of drug-likeness (QED) is 0.820. The van der Waals surface area contributed by atoms with Crippen molar-refractivity contribution in [2.45, 2.75) is 27.2 Å². The summed E-state index contributed by atoms with van der Waals surface area (Å²) in [4.78, 5) is 13.4. The van der Waals surface area contributed by atoms with Crippen molar-refractivity contribution < 1.29 is 9.53 Å². The molecule has 1 aromatic carbocycles. The van der Waals surface area contributed by atoms with E-state index in [-0.39, 0.29) is 6.09 Å². The number of rotatable bonds is 4. The van der Waals surface area contributed by atoms with Crippen molar-refractivity contribution in [1.29, 1.82) is 0 Å². The molecule has 1 amide bonds. The fourth-order valence-electron chi connectivity index (χ4n) is 1.62. The van der Waals surface area contributed by atoms with Crippen molar-refractivity contribution in [3.8, 4) is 5.75 Å². The molecule has 0 fully saturated rings. The molecular formula is C13H18ClNO2. The molecule has 0 bridgehead atoms. The number of hydrogen-bond donors (Lipinski definition) is 0. The van der Waals surface area contributed by atoms with Crippen molar-refractivity contribution in [2.24, 2.45) is 0 Å². The average Bonchev–Trinajstić information content (AvgIpc) is 2.31. The zero-order chi connectivity index (χ0) is 12.8. The third kappa shape index (κ3) is 3.37. The lowest BCUT2D eigenvalue weighted by Crippen LogP contribution is -2.33. The molecule has 0 radical (unpaired) electrons. The summed E-state index contributed by atoms with van der Waals surface area (Å²) in [5.41, 5.74) is 0.870. The van der Waals surface area contributed by atoms with Crippen LogP contribution >= 0.6 is 11.6 Å². The SMILES string of the molecule is CCc1c(Cl)cccc1OC(=O)N(CC)CC. The zero-order valence-electron chi connectivity index (χ0n) is 10.5. The minimum atomic E-state index is -0.327. The second-order valence-electron chi connectivity index (χ2n) is 3.61. The molecule has 94 valence electrons. The van der Waals surface area contributed by atoms with Crippen molar-refractivity contribution in [1.82, 2.24) is 4.90 Å². The number of amides is 1. The molecule has 0 aliphatic rings. The number of halogens is 1. The van der Waals surface area contributed by atoms with Gasteiger partial charge in [-0.25, -0.2) is 4.79 Å². The van der Waals surface area contributed by atoms with E-state index in [9.17, 15) is 4.79 Å². The van der Waals surface area contributed by atoms with E-state index in [2.05, 4.69) is 0 Å². The minimum Gasteiger partial charge on any atom is -0.410 e. The standard InChI is InChI=1S/C13H18ClNO2/c1-4-10-11(14)8-7-9-12(10)17-13(16)15(5-2)6-3/h7-9H,4-6H2,1-3H3. The molecule has 0 N–H and O–H groups in total. The molecule has 0 heterocycles. The molecule has 0 saturated carbocycles. The molecule has 0 spiro atoms. The third-order valence-electron chi connectivity index (χ3n) is 2.65. The topological polar surface area (TPSA) is 29.5 Å². The summed E-state index contributed by atoms with van der Waals surface area (Å²) in [6, 6.07) is 5.35. The largest absolute Gasteiger partial charge is 0.415 e. The lowest BCUT2D eigenvalue weighted by molar-refractivity contribution is 0.157. The highest BCUT2D eigenvalue weighted by molar-refractivity contribution is 6.31. The van der Waals surface area contributed by atoms with Crippen LogP contribution in [0.15, 0.2) is 18.2 Å². The maximum Gasteiger partial charge on any atom is 0.415 e. The first-order valence-electron chi connectivity index (χ1n) is 5.88. The van der Waals surface area contributed by atoms with Crippen LogP contribution < -0.4 is 4.74 Å². The first kappa shape index (κ1) is 13.8. The molecule has 0 atom stereocenters. The highest BCUT2D eigenvalue weighted by Crippen LogP contribution is 2.27. The van der Waals surface area contributed by atoms with Crippen LogP contribution in [0.4, 0.5) is 4.79 Å². The number of carbonyl (C=O) groups excluding carboxylic acids is 1. The van der Waals surface area contributed by atoms with Crippen molar-refractivity contribution in [3.63, 3.8) is 0 Å². The molecule has 0 aliphatic heterocycles. The monoisotopic (exact) mass is 255 g/mol. The number of benzene rings is 1. The molecule has 0 saturated heterocycles. The van der Waals surface area contributed by atoms with Gasteiger partial charge in [-0.2, -0.15) is 0 Å². The Morgan fingerprint density at radius 3 is 2.47 bits per heavy atom. The molecule has 1 aromatic rings. The number of carbonyl (C=O) groups is 1. The Bertz CT molecular complexity index is 389. The van der Waals surface area contributed by atoms with Crippen LogP contribution in [0.3, 0.4) is 0 Å². The van der Waals surface area contributed by atoms with Gasteiger partial charge in [0.15, 0.2) is 0 Å². The number of nitrogens with zero attached hydrogens (tertiary/aromatic N) is 1. The first-order valence-corrected chi connectivity index (χ1v) is 6.25. The maximum absolute atomic E-state index is 11.8. The van der Waals surface area contributed by atoms with Gasteiger partial charge in [0, 0.05) is 23.7 Å². The lowest BCUT2D eigenvalue weighted by atomic mass is 10.1. The molecule has 1 rings (SSSR count). The lowest BCUT2D eigenvalue weighted by Gasteiger charge is -2.19. The van der Waals surface area contributed by atoms with Crippen molar-refractivity contribution in [3.05, 3.63) is 28.8 Å². The second-order valence-corrected chi connectivity index (χ2v) is 4.02. The predicted molar refractivity (Wildman–Crippen MR) is 69.8 cm³/mol. The summed E-state index contributed by atoms with van der Waals surface area (Å²) in [5.74, 6) is 0.553. The normalized spacial score (nSPS) is 10.1. The van der Waals surface area contributed by atoms with Crippen LogP contribution in [-0.4, -0.2) is 24.1 Å². The van der Waals surface area contributed by atoms with Gasteiger partial charge in [0.2, 0.25) is 0 Å². The Morgan fingerprint density at radius 1 is 1.29 bits per heavy atom. The van der Waals surface area contributed by atoms with Gasteiger partial charge >= 0.3 is 6.09 Å². The van der Waals surface area contributed by atoms with Gasteiger partial charge in [-0.3, -0.25) is 0 Å². The van der Waals surface area contributed by atoms with Crippen LogP contribution in [0.25, 0.3) is 0 Å². The van der Waals surface area contributed by atoms with E-state index in [0.717, 1.165) is 12.0 Å². The summed E-state index contributed by atoms with van der Waals surface area (Å²) < 4.78 is 5.36. The van der Waals surface area contributed by atoms with Crippen LogP contribution in [0.1, 0.15) is 26.3 Å². The van der Waals surface area contributed by atoms with Crippen LogP contribution in [0.2, 0.25) is 5.02 Å². The molecule has 17 heavy (non-hydrogen) atoms. The van der Waals surface area contributed by atoms with E-state index in [1.165, 1.54) is 0 Å². The van der Waals surface area contributed by atoms with E-state index in [1.54, 1.807) is 23.1 Å². The molecule has 4 heteroatoms. The van der Waals surface area contributed by atoms with Crippen LogP contribution in [-0.2, 0) is 6.42 Å².